The Morgan fingerprint density at radius 3 is 2.41 bits per heavy atom. The lowest BCUT2D eigenvalue weighted by Crippen LogP contribution is -2.29. The van der Waals surface area contributed by atoms with Crippen molar-refractivity contribution in [1.82, 2.24) is 14.9 Å². The first-order valence-electron chi connectivity index (χ1n) is 11.6. The van der Waals surface area contributed by atoms with Gasteiger partial charge in [0.1, 0.15) is 5.75 Å². The van der Waals surface area contributed by atoms with Crippen LogP contribution >= 0.6 is 12.2 Å². The summed E-state index contributed by atoms with van der Waals surface area (Å²) in [5.41, 5.74) is 7.47. The molecular weight excluding hydrogens is 440 g/mol. The molecule has 6 heteroatoms. The largest absolute Gasteiger partial charge is 0.506 e. The number of aryl methyl sites for hydroxylation is 2. The van der Waals surface area contributed by atoms with Crippen molar-refractivity contribution in [2.24, 2.45) is 0 Å². The van der Waals surface area contributed by atoms with Crippen molar-refractivity contribution < 1.29 is 5.11 Å². The Morgan fingerprint density at radius 2 is 1.74 bits per heavy atom. The molecule has 0 radical (unpaired) electrons. The number of phenols is 1. The Bertz CT molecular complexity index is 1330. The zero-order chi connectivity index (χ0) is 23.8. The Morgan fingerprint density at radius 1 is 1.00 bits per heavy atom. The smallest absolute Gasteiger partial charge is 0.174 e. The van der Waals surface area contributed by atoms with Crippen molar-refractivity contribution in [3.05, 3.63) is 107 Å². The van der Waals surface area contributed by atoms with Crippen molar-refractivity contribution >= 4 is 23.0 Å². The van der Waals surface area contributed by atoms with Crippen LogP contribution < -0.4 is 10.2 Å². The van der Waals surface area contributed by atoms with Crippen LogP contribution in [0.5, 0.6) is 5.75 Å². The number of rotatable bonds is 5. The van der Waals surface area contributed by atoms with Gasteiger partial charge in [-0.3, -0.25) is 4.98 Å². The Hall–Kier alpha value is -3.64. The molecule has 3 heterocycles. The standard InChI is InChI=1S/C28H28N4OS/c1-4-20-12-14-21(15-13-20)31-18(2)17-22(19(31)3)27-26(23-9-7-8-16-29-23)30-28(34)32(27)24-10-5-6-11-25(24)33/h5-17,26-27,33H,4H2,1-3H3,(H,30,34)/t26-,27-/m1/s1. The first-order valence-corrected chi connectivity index (χ1v) is 12.0. The molecule has 4 aromatic rings. The van der Waals surface area contributed by atoms with Gasteiger partial charge in [-0.15, -0.1) is 0 Å². The molecule has 2 aromatic heterocycles. The number of benzene rings is 2. The molecule has 1 saturated heterocycles. The van der Waals surface area contributed by atoms with Crippen LogP contribution in [0.2, 0.25) is 0 Å². The van der Waals surface area contributed by atoms with Gasteiger partial charge < -0.3 is 19.9 Å². The number of para-hydroxylation sites is 2. The van der Waals surface area contributed by atoms with Gasteiger partial charge in [0.25, 0.3) is 0 Å². The summed E-state index contributed by atoms with van der Waals surface area (Å²) < 4.78 is 2.29. The summed E-state index contributed by atoms with van der Waals surface area (Å²) in [6.45, 7) is 6.45. The fourth-order valence-corrected chi connectivity index (χ4v) is 5.30. The van der Waals surface area contributed by atoms with Crippen molar-refractivity contribution in [3.63, 3.8) is 0 Å². The van der Waals surface area contributed by atoms with Gasteiger partial charge in [-0.1, -0.05) is 37.3 Å². The van der Waals surface area contributed by atoms with Crippen molar-refractivity contribution in [1.29, 1.82) is 0 Å². The van der Waals surface area contributed by atoms with Crippen LogP contribution in [0.1, 0.15) is 47.2 Å². The second kappa shape index (κ2) is 8.95. The molecule has 1 aliphatic rings. The van der Waals surface area contributed by atoms with Crippen LogP contribution in [0.4, 0.5) is 5.69 Å². The predicted octanol–water partition coefficient (Wildman–Crippen LogP) is 5.93. The zero-order valence-electron chi connectivity index (χ0n) is 19.6. The van der Waals surface area contributed by atoms with E-state index in [-0.39, 0.29) is 17.8 Å². The molecule has 2 N–H and O–H groups in total. The number of nitrogens with one attached hydrogen (secondary N) is 1. The molecule has 34 heavy (non-hydrogen) atoms. The first kappa shape index (κ1) is 22.2. The Kier molecular flexibility index (Phi) is 5.84. The van der Waals surface area contributed by atoms with Crippen LogP contribution in [0.25, 0.3) is 5.69 Å². The molecule has 0 amide bonds. The Labute approximate surface area is 205 Å². The predicted molar refractivity (Wildman–Crippen MR) is 141 cm³/mol. The van der Waals surface area contributed by atoms with Crippen LogP contribution in [-0.2, 0) is 6.42 Å². The van der Waals surface area contributed by atoms with Gasteiger partial charge in [0, 0.05) is 23.3 Å². The lowest BCUT2D eigenvalue weighted by Gasteiger charge is -2.28. The molecule has 0 saturated carbocycles. The van der Waals surface area contributed by atoms with E-state index in [9.17, 15) is 5.11 Å². The van der Waals surface area contributed by atoms with Gasteiger partial charge in [-0.25, -0.2) is 0 Å². The summed E-state index contributed by atoms with van der Waals surface area (Å²) in [7, 11) is 0. The van der Waals surface area contributed by atoms with E-state index < -0.39 is 0 Å². The van der Waals surface area contributed by atoms with Crippen molar-refractivity contribution in [3.8, 4) is 11.4 Å². The van der Waals surface area contributed by atoms with Crippen LogP contribution in [-0.4, -0.2) is 19.8 Å². The molecular formula is C28H28N4OS. The van der Waals surface area contributed by atoms with Crippen LogP contribution in [0.15, 0.2) is 79.0 Å². The monoisotopic (exact) mass is 468 g/mol. The number of phenolic OH excluding ortho intramolecular Hbond substituents is 1. The number of thiocarbonyl (C=S) groups is 1. The maximum atomic E-state index is 10.7. The fraction of sp³-hybridized carbons (Fsp3) is 0.214. The topological polar surface area (TPSA) is 53.3 Å². The summed E-state index contributed by atoms with van der Waals surface area (Å²) in [6, 6.07) is 23.9. The number of nitrogens with zero attached hydrogens (tertiary/aromatic N) is 3. The highest BCUT2D eigenvalue weighted by Crippen LogP contribution is 2.45. The minimum absolute atomic E-state index is 0.162. The summed E-state index contributed by atoms with van der Waals surface area (Å²) in [6.07, 6.45) is 2.82. The maximum absolute atomic E-state index is 10.7. The van der Waals surface area contributed by atoms with E-state index in [1.165, 1.54) is 5.56 Å². The van der Waals surface area contributed by atoms with Crippen LogP contribution in [0.3, 0.4) is 0 Å². The van der Waals surface area contributed by atoms with E-state index in [4.69, 9.17) is 12.2 Å². The molecule has 2 aromatic carbocycles. The fourth-order valence-electron chi connectivity index (χ4n) is 4.96. The average molecular weight is 469 g/mol. The highest BCUT2D eigenvalue weighted by atomic mass is 32.1. The van der Waals surface area contributed by atoms with Gasteiger partial charge in [-0.2, -0.15) is 0 Å². The third-order valence-electron chi connectivity index (χ3n) is 6.63. The molecule has 1 aliphatic heterocycles. The lowest BCUT2D eigenvalue weighted by atomic mass is 9.96. The van der Waals surface area contributed by atoms with Gasteiger partial charge in [0.05, 0.1) is 23.5 Å². The SMILES string of the molecule is CCc1ccc(-n2c(C)cc([C@@H]3[C@@H](c4ccccn4)NC(=S)N3c3ccccc3O)c2C)cc1. The Balaban J connectivity index is 1.67. The van der Waals surface area contributed by atoms with Gasteiger partial charge in [0.15, 0.2) is 5.11 Å². The second-order valence-electron chi connectivity index (χ2n) is 8.67. The van der Waals surface area contributed by atoms with Crippen molar-refractivity contribution in [2.75, 3.05) is 4.90 Å². The number of aromatic nitrogens is 2. The minimum Gasteiger partial charge on any atom is -0.506 e. The highest BCUT2D eigenvalue weighted by molar-refractivity contribution is 7.80. The summed E-state index contributed by atoms with van der Waals surface area (Å²) >= 11 is 5.81. The summed E-state index contributed by atoms with van der Waals surface area (Å²) in [4.78, 5) is 6.66. The van der Waals surface area contributed by atoms with Crippen LogP contribution in [0, 0.1) is 13.8 Å². The normalized spacial score (nSPS) is 17.7. The van der Waals surface area contributed by atoms with Gasteiger partial charge in [0.2, 0.25) is 0 Å². The van der Waals surface area contributed by atoms with E-state index in [1.807, 2.05) is 41.3 Å². The summed E-state index contributed by atoms with van der Waals surface area (Å²) in [5.74, 6) is 0.197. The van der Waals surface area contributed by atoms with E-state index in [2.05, 4.69) is 66.0 Å². The third-order valence-corrected chi connectivity index (χ3v) is 6.95. The molecule has 2 atom stereocenters. The number of aromatic hydroxyl groups is 1. The van der Waals surface area contributed by atoms with Crippen molar-refractivity contribution in [2.45, 2.75) is 39.3 Å². The third kappa shape index (κ3) is 3.74. The van der Waals surface area contributed by atoms with Gasteiger partial charge >= 0.3 is 0 Å². The quantitative estimate of drug-likeness (QED) is 0.355. The highest BCUT2D eigenvalue weighted by Gasteiger charge is 2.43. The number of hydrogen-bond donors (Lipinski definition) is 2. The molecule has 1 fully saturated rings. The summed E-state index contributed by atoms with van der Waals surface area (Å²) in [5, 5.41) is 14.8. The van der Waals surface area contributed by atoms with Gasteiger partial charge in [-0.05, 0) is 86.1 Å². The maximum Gasteiger partial charge on any atom is 0.174 e. The van der Waals surface area contributed by atoms with E-state index in [0.717, 1.165) is 34.8 Å². The molecule has 0 unspecified atom stereocenters. The molecule has 5 rings (SSSR count). The lowest BCUT2D eigenvalue weighted by molar-refractivity contribution is 0.472. The van der Waals surface area contributed by atoms with E-state index in [1.54, 1.807) is 12.3 Å². The van der Waals surface area contributed by atoms with E-state index in [0.29, 0.717) is 10.8 Å². The average Bonchev–Trinajstić information content (AvgIpc) is 3.35. The second-order valence-corrected chi connectivity index (χ2v) is 9.05. The number of anilines is 1. The zero-order valence-corrected chi connectivity index (χ0v) is 20.4. The number of pyridine rings is 1. The molecule has 0 aliphatic carbocycles. The van der Waals surface area contributed by atoms with E-state index >= 15 is 0 Å². The molecule has 0 spiro atoms. The first-order chi connectivity index (χ1) is 16.5. The molecule has 5 nitrogen and oxygen atoms in total. The molecule has 172 valence electrons. The molecule has 0 bridgehead atoms. The number of hydrogen-bond acceptors (Lipinski definition) is 3. The minimum atomic E-state index is -0.175.